The number of rotatable bonds is 6. The van der Waals surface area contributed by atoms with E-state index in [2.05, 4.69) is 6.92 Å². The van der Waals surface area contributed by atoms with E-state index in [1.807, 2.05) is 18.0 Å². The molecule has 1 aromatic rings. The zero-order valence-electron chi connectivity index (χ0n) is 10.1. The summed E-state index contributed by atoms with van der Waals surface area (Å²) in [4.78, 5) is 1.92. The molecular formula is C13H21FN2. The third-order valence-electron chi connectivity index (χ3n) is 2.76. The first-order chi connectivity index (χ1) is 7.65. The first-order valence-electron chi connectivity index (χ1n) is 5.86. The van der Waals surface area contributed by atoms with Gasteiger partial charge in [0.15, 0.2) is 0 Å². The topological polar surface area (TPSA) is 29.3 Å². The number of hydrogen-bond acceptors (Lipinski definition) is 2. The molecule has 0 heterocycles. The zero-order chi connectivity index (χ0) is 12.0. The molecule has 1 aromatic carbocycles. The summed E-state index contributed by atoms with van der Waals surface area (Å²) in [6.45, 7) is 2.92. The van der Waals surface area contributed by atoms with Crippen LogP contribution in [0.2, 0.25) is 0 Å². The average Bonchev–Trinajstić information content (AvgIpc) is 2.27. The number of benzene rings is 1. The van der Waals surface area contributed by atoms with Crippen LogP contribution in [0.25, 0.3) is 0 Å². The highest BCUT2D eigenvalue weighted by molar-refractivity contribution is 5.46. The Balaban J connectivity index is 2.46. The molecule has 3 heteroatoms. The van der Waals surface area contributed by atoms with Gasteiger partial charge in [0.1, 0.15) is 5.82 Å². The summed E-state index contributed by atoms with van der Waals surface area (Å²) < 4.78 is 13.4. The van der Waals surface area contributed by atoms with Crippen molar-refractivity contribution in [1.29, 1.82) is 0 Å². The number of nitrogens with zero attached hydrogens (tertiary/aromatic N) is 1. The maximum absolute atomic E-state index is 13.4. The second-order valence-electron chi connectivity index (χ2n) is 4.21. The first kappa shape index (κ1) is 13.0. The van der Waals surface area contributed by atoms with Crippen LogP contribution in [0.15, 0.2) is 24.3 Å². The molecule has 1 unspecified atom stereocenters. The lowest BCUT2D eigenvalue weighted by molar-refractivity contribution is 0.555. The number of para-hydroxylation sites is 1. The SMILES string of the molecule is CCCC(N)CCN(C)c1ccccc1F. The van der Waals surface area contributed by atoms with E-state index in [9.17, 15) is 4.39 Å². The minimum atomic E-state index is -0.172. The van der Waals surface area contributed by atoms with E-state index in [1.54, 1.807) is 12.1 Å². The van der Waals surface area contributed by atoms with E-state index in [0.29, 0.717) is 5.69 Å². The molecule has 0 radical (unpaired) electrons. The van der Waals surface area contributed by atoms with Crippen LogP contribution in [0.3, 0.4) is 0 Å². The monoisotopic (exact) mass is 224 g/mol. The average molecular weight is 224 g/mol. The van der Waals surface area contributed by atoms with Gasteiger partial charge in [0.2, 0.25) is 0 Å². The largest absolute Gasteiger partial charge is 0.372 e. The Morgan fingerprint density at radius 3 is 2.62 bits per heavy atom. The molecule has 0 saturated heterocycles. The van der Waals surface area contributed by atoms with E-state index in [1.165, 1.54) is 6.07 Å². The van der Waals surface area contributed by atoms with E-state index >= 15 is 0 Å². The fourth-order valence-corrected chi connectivity index (χ4v) is 1.76. The van der Waals surface area contributed by atoms with Gasteiger partial charge < -0.3 is 10.6 Å². The second kappa shape index (κ2) is 6.48. The fourth-order valence-electron chi connectivity index (χ4n) is 1.76. The Morgan fingerprint density at radius 2 is 2.00 bits per heavy atom. The van der Waals surface area contributed by atoms with Gasteiger partial charge in [0.25, 0.3) is 0 Å². The van der Waals surface area contributed by atoms with Crippen molar-refractivity contribution < 1.29 is 4.39 Å². The van der Waals surface area contributed by atoms with Crippen LogP contribution in [0.1, 0.15) is 26.2 Å². The van der Waals surface area contributed by atoms with Crippen LogP contribution in [-0.4, -0.2) is 19.6 Å². The summed E-state index contributed by atoms with van der Waals surface area (Å²) in [6.07, 6.45) is 3.04. The molecule has 0 amide bonds. The van der Waals surface area contributed by atoms with E-state index in [4.69, 9.17) is 5.73 Å². The molecule has 0 fully saturated rings. The van der Waals surface area contributed by atoms with E-state index in [-0.39, 0.29) is 11.9 Å². The number of nitrogens with two attached hydrogens (primary N) is 1. The third kappa shape index (κ3) is 3.81. The van der Waals surface area contributed by atoms with E-state index < -0.39 is 0 Å². The minimum Gasteiger partial charge on any atom is -0.372 e. The summed E-state index contributed by atoms with van der Waals surface area (Å²) in [6, 6.07) is 7.05. The number of halogens is 1. The zero-order valence-corrected chi connectivity index (χ0v) is 10.1. The van der Waals surface area contributed by atoms with Gasteiger partial charge in [-0.05, 0) is 25.0 Å². The van der Waals surface area contributed by atoms with E-state index in [0.717, 1.165) is 25.8 Å². The predicted octanol–water partition coefficient (Wildman–Crippen LogP) is 2.78. The van der Waals surface area contributed by atoms with Crippen LogP contribution in [0.4, 0.5) is 10.1 Å². The maximum Gasteiger partial charge on any atom is 0.146 e. The van der Waals surface area contributed by atoms with Crippen molar-refractivity contribution in [2.45, 2.75) is 32.2 Å². The highest BCUT2D eigenvalue weighted by Gasteiger charge is 2.08. The van der Waals surface area contributed by atoms with Crippen LogP contribution in [0.5, 0.6) is 0 Å². The normalized spacial score (nSPS) is 12.5. The molecule has 0 saturated carbocycles. The van der Waals surface area contributed by atoms with Crippen molar-refractivity contribution >= 4 is 5.69 Å². The second-order valence-corrected chi connectivity index (χ2v) is 4.21. The van der Waals surface area contributed by atoms with Gasteiger partial charge in [-0.15, -0.1) is 0 Å². The Labute approximate surface area is 97.3 Å². The van der Waals surface area contributed by atoms with Crippen molar-refractivity contribution in [3.8, 4) is 0 Å². The van der Waals surface area contributed by atoms with Gasteiger partial charge >= 0.3 is 0 Å². The summed E-state index contributed by atoms with van der Waals surface area (Å²) in [5, 5.41) is 0. The predicted molar refractivity (Wildman–Crippen MR) is 67.2 cm³/mol. The minimum absolute atomic E-state index is 0.172. The Kier molecular flexibility index (Phi) is 5.26. The summed E-state index contributed by atoms with van der Waals surface area (Å²) in [7, 11) is 1.90. The highest BCUT2D eigenvalue weighted by Crippen LogP contribution is 2.17. The van der Waals surface area contributed by atoms with Crippen molar-refractivity contribution in [2.24, 2.45) is 5.73 Å². The summed E-state index contributed by atoms with van der Waals surface area (Å²) >= 11 is 0. The van der Waals surface area contributed by atoms with Crippen molar-refractivity contribution in [3.63, 3.8) is 0 Å². The van der Waals surface area contributed by atoms with Crippen LogP contribution >= 0.6 is 0 Å². The Morgan fingerprint density at radius 1 is 1.31 bits per heavy atom. The van der Waals surface area contributed by atoms with Crippen molar-refractivity contribution in [2.75, 3.05) is 18.5 Å². The lowest BCUT2D eigenvalue weighted by Gasteiger charge is -2.21. The standard InChI is InChI=1S/C13H21FN2/c1-3-6-11(15)9-10-16(2)13-8-5-4-7-12(13)14/h4-5,7-8,11H,3,6,9-10,15H2,1-2H3. The highest BCUT2D eigenvalue weighted by atomic mass is 19.1. The number of hydrogen-bond donors (Lipinski definition) is 1. The molecule has 2 N–H and O–H groups in total. The van der Waals surface area contributed by atoms with Gasteiger partial charge in [-0.25, -0.2) is 4.39 Å². The molecule has 0 aliphatic rings. The van der Waals surface area contributed by atoms with Crippen LogP contribution < -0.4 is 10.6 Å². The molecule has 16 heavy (non-hydrogen) atoms. The maximum atomic E-state index is 13.4. The van der Waals surface area contributed by atoms with Crippen LogP contribution in [-0.2, 0) is 0 Å². The van der Waals surface area contributed by atoms with Gasteiger partial charge in [-0.1, -0.05) is 25.5 Å². The van der Waals surface area contributed by atoms with Crippen molar-refractivity contribution in [1.82, 2.24) is 0 Å². The molecule has 0 bridgehead atoms. The molecule has 2 nitrogen and oxygen atoms in total. The molecular weight excluding hydrogens is 203 g/mol. The van der Waals surface area contributed by atoms with Gasteiger partial charge in [0, 0.05) is 19.6 Å². The quantitative estimate of drug-likeness (QED) is 0.805. The lowest BCUT2D eigenvalue weighted by atomic mass is 10.1. The van der Waals surface area contributed by atoms with Crippen LogP contribution in [0, 0.1) is 5.82 Å². The number of anilines is 1. The first-order valence-corrected chi connectivity index (χ1v) is 5.86. The Bertz CT molecular complexity index is 315. The molecule has 0 aliphatic carbocycles. The third-order valence-corrected chi connectivity index (χ3v) is 2.76. The Hall–Kier alpha value is -1.09. The molecule has 0 spiro atoms. The lowest BCUT2D eigenvalue weighted by Crippen LogP contribution is -2.28. The summed E-state index contributed by atoms with van der Waals surface area (Å²) in [5.74, 6) is -0.172. The molecule has 0 aromatic heterocycles. The van der Waals surface area contributed by atoms with Gasteiger partial charge in [-0.2, -0.15) is 0 Å². The smallest absolute Gasteiger partial charge is 0.146 e. The molecule has 1 rings (SSSR count). The van der Waals surface area contributed by atoms with Crippen molar-refractivity contribution in [3.05, 3.63) is 30.1 Å². The summed E-state index contributed by atoms with van der Waals surface area (Å²) in [5.41, 5.74) is 6.57. The fraction of sp³-hybridized carbons (Fsp3) is 0.538. The molecule has 1 atom stereocenters. The molecule has 90 valence electrons. The van der Waals surface area contributed by atoms with Gasteiger partial charge in [0.05, 0.1) is 5.69 Å². The van der Waals surface area contributed by atoms with Gasteiger partial charge in [-0.3, -0.25) is 0 Å². The molecule has 0 aliphatic heterocycles.